The van der Waals surface area contributed by atoms with Crippen LogP contribution in [0.3, 0.4) is 0 Å². The molecule has 0 aromatic heterocycles. The highest BCUT2D eigenvalue weighted by Gasteiger charge is 2.14. The Labute approximate surface area is 129 Å². The van der Waals surface area contributed by atoms with Gasteiger partial charge in [-0.05, 0) is 17.7 Å². The molecule has 0 spiro atoms. The predicted molar refractivity (Wildman–Crippen MR) is 77.7 cm³/mol. The maximum atomic E-state index is 5.33. The van der Waals surface area contributed by atoms with E-state index in [0.717, 1.165) is 29.6 Å². The number of aliphatic imine (C=N–C) groups is 1. The largest absolute Gasteiger partial charge is 1.00 e. The van der Waals surface area contributed by atoms with E-state index in [9.17, 15) is 0 Å². The van der Waals surface area contributed by atoms with Gasteiger partial charge in [0.2, 0.25) is 5.75 Å². The van der Waals surface area contributed by atoms with Crippen LogP contribution >= 0.6 is 11.8 Å². The van der Waals surface area contributed by atoms with Crippen LogP contribution in [0, 0.1) is 0 Å². The third-order valence-corrected chi connectivity index (χ3v) is 3.77. The number of rotatable bonds is 5. The number of halogens is 1. The summed E-state index contributed by atoms with van der Waals surface area (Å²) in [5.74, 6) is 2.79. The van der Waals surface area contributed by atoms with Gasteiger partial charge in [-0.25, -0.2) is 0 Å². The summed E-state index contributed by atoms with van der Waals surface area (Å²) in [6, 6.07) is 3.92. The van der Waals surface area contributed by atoms with Gasteiger partial charge in [0, 0.05) is 12.3 Å². The first-order valence-electron chi connectivity index (χ1n) is 5.98. The van der Waals surface area contributed by atoms with E-state index in [4.69, 9.17) is 14.2 Å². The van der Waals surface area contributed by atoms with E-state index in [2.05, 4.69) is 10.3 Å². The first-order valence-corrected chi connectivity index (χ1v) is 6.97. The lowest BCUT2D eigenvalue weighted by Gasteiger charge is -2.14. The lowest BCUT2D eigenvalue weighted by Crippen LogP contribution is -3.00. The lowest BCUT2D eigenvalue weighted by molar-refractivity contribution is -0.00000472. The number of hydrogen-bond donors (Lipinski definition) is 1. The first-order chi connectivity index (χ1) is 9.28. The summed E-state index contributed by atoms with van der Waals surface area (Å²) in [7, 11) is 4.85. The van der Waals surface area contributed by atoms with E-state index in [0.29, 0.717) is 17.2 Å². The van der Waals surface area contributed by atoms with Gasteiger partial charge in [0.1, 0.15) is 0 Å². The molecule has 0 radical (unpaired) electrons. The Morgan fingerprint density at radius 3 is 2.25 bits per heavy atom. The number of nitrogens with one attached hydrogen (secondary N) is 1. The molecule has 0 fully saturated rings. The maximum absolute atomic E-state index is 5.33. The Morgan fingerprint density at radius 2 is 1.80 bits per heavy atom. The van der Waals surface area contributed by atoms with Crippen molar-refractivity contribution in [3.05, 3.63) is 17.7 Å². The van der Waals surface area contributed by atoms with Crippen molar-refractivity contribution in [2.75, 3.05) is 34.4 Å². The van der Waals surface area contributed by atoms with Crippen LogP contribution in [0.15, 0.2) is 17.1 Å². The minimum absolute atomic E-state index is 0. The zero-order valence-electron chi connectivity index (χ0n) is 11.7. The molecule has 5 nitrogen and oxygen atoms in total. The smallest absolute Gasteiger partial charge is 0.203 e. The highest BCUT2D eigenvalue weighted by molar-refractivity contribution is 8.13. The van der Waals surface area contributed by atoms with Crippen LogP contribution < -0.4 is 31.9 Å². The fraction of sp³-hybridized carbons (Fsp3) is 0.462. The van der Waals surface area contributed by atoms with Gasteiger partial charge in [-0.2, -0.15) is 0 Å². The molecule has 0 amide bonds. The number of thioether (sulfide) groups is 1. The van der Waals surface area contributed by atoms with Crippen LogP contribution in [0.5, 0.6) is 17.2 Å². The molecule has 20 heavy (non-hydrogen) atoms. The summed E-state index contributed by atoms with van der Waals surface area (Å²) < 4.78 is 16.0. The molecule has 1 aliphatic heterocycles. The number of methoxy groups -OCH3 is 3. The van der Waals surface area contributed by atoms with Crippen molar-refractivity contribution in [2.24, 2.45) is 4.99 Å². The molecule has 0 atom stereocenters. The van der Waals surface area contributed by atoms with Crippen molar-refractivity contribution in [1.29, 1.82) is 0 Å². The molecule has 0 bridgehead atoms. The van der Waals surface area contributed by atoms with Gasteiger partial charge in [0.25, 0.3) is 0 Å². The van der Waals surface area contributed by atoms with E-state index in [1.807, 2.05) is 12.1 Å². The molecule has 7 heteroatoms. The third kappa shape index (κ3) is 3.86. The van der Waals surface area contributed by atoms with Crippen molar-refractivity contribution in [1.82, 2.24) is 5.32 Å². The number of hydrogen-bond acceptors (Lipinski definition) is 6. The standard InChI is InChI=1S/C13H18N2O3S.ClH/c1-16-10-6-9(7-11(17-2)12(10)18-3)8-19-13-14-4-5-15-13;/h6-7H,4-5,8H2,1-3H3,(H,14,15);1H/p-1. The molecule has 0 saturated heterocycles. The zero-order chi connectivity index (χ0) is 13.7. The second-order valence-electron chi connectivity index (χ2n) is 3.94. The maximum Gasteiger partial charge on any atom is 0.203 e. The summed E-state index contributed by atoms with van der Waals surface area (Å²) in [5, 5.41) is 4.23. The number of amidine groups is 1. The predicted octanol–water partition coefficient (Wildman–Crippen LogP) is -1.09. The van der Waals surface area contributed by atoms with E-state index >= 15 is 0 Å². The normalized spacial score (nSPS) is 13.1. The monoisotopic (exact) mass is 317 g/mol. The highest BCUT2D eigenvalue weighted by atomic mass is 35.5. The Morgan fingerprint density at radius 1 is 1.15 bits per heavy atom. The first kappa shape index (κ1) is 16.8. The van der Waals surface area contributed by atoms with Gasteiger partial charge < -0.3 is 31.9 Å². The molecule has 0 saturated carbocycles. The Bertz CT molecular complexity index is 458. The van der Waals surface area contributed by atoms with Gasteiger partial charge in [0.15, 0.2) is 16.7 Å². The van der Waals surface area contributed by atoms with Crippen LogP contribution in [0.1, 0.15) is 5.56 Å². The Balaban J connectivity index is 0.00000200. The molecule has 1 N–H and O–H groups in total. The molecular weight excluding hydrogens is 300 g/mol. The van der Waals surface area contributed by atoms with E-state index in [1.54, 1.807) is 33.1 Å². The Hall–Kier alpha value is -1.27. The quantitative estimate of drug-likeness (QED) is 0.748. The summed E-state index contributed by atoms with van der Waals surface area (Å²) >= 11 is 1.68. The van der Waals surface area contributed by atoms with Crippen molar-refractivity contribution < 1.29 is 26.6 Å². The molecule has 1 aromatic rings. The minimum atomic E-state index is 0. The molecule has 1 aliphatic rings. The minimum Gasteiger partial charge on any atom is -1.00 e. The van der Waals surface area contributed by atoms with Gasteiger partial charge in [-0.3, -0.25) is 4.99 Å². The molecule has 1 heterocycles. The molecule has 112 valence electrons. The summed E-state index contributed by atoms with van der Waals surface area (Å²) in [4.78, 5) is 4.35. The van der Waals surface area contributed by atoms with E-state index < -0.39 is 0 Å². The fourth-order valence-electron chi connectivity index (χ4n) is 1.84. The van der Waals surface area contributed by atoms with Crippen LogP contribution in [-0.4, -0.2) is 39.6 Å². The summed E-state index contributed by atoms with van der Waals surface area (Å²) in [6.07, 6.45) is 0. The van der Waals surface area contributed by atoms with Crippen molar-refractivity contribution in [3.8, 4) is 17.2 Å². The summed E-state index contributed by atoms with van der Waals surface area (Å²) in [6.45, 7) is 1.79. The van der Waals surface area contributed by atoms with Crippen molar-refractivity contribution in [2.45, 2.75) is 5.75 Å². The fourth-order valence-corrected chi connectivity index (χ4v) is 2.70. The lowest BCUT2D eigenvalue weighted by atomic mass is 10.2. The topological polar surface area (TPSA) is 52.1 Å². The average molecular weight is 318 g/mol. The zero-order valence-corrected chi connectivity index (χ0v) is 13.3. The van der Waals surface area contributed by atoms with Crippen molar-refractivity contribution in [3.63, 3.8) is 0 Å². The molecule has 2 rings (SSSR count). The van der Waals surface area contributed by atoms with Gasteiger partial charge >= 0.3 is 0 Å². The van der Waals surface area contributed by atoms with Crippen LogP contribution in [-0.2, 0) is 5.75 Å². The molecular formula is C13H18ClN2O3S-. The van der Waals surface area contributed by atoms with E-state index in [-0.39, 0.29) is 12.4 Å². The van der Waals surface area contributed by atoms with Gasteiger partial charge in [-0.15, -0.1) is 0 Å². The number of nitrogens with zero attached hydrogens (tertiary/aromatic N) is 1. The third-order valence-electron chi connectivity index (χ3n) is 2.74. The van der Waals surface area contributed by atoms with Gasteiger partial charge in [0.05, 0.1) is 27.9 Å². The van der Waals surface area contributed by atoms with Crippen LogP contribution in [0.25, 0.3) is 0 Å². The highest BCUT2D eigenvalue weighted by Crippen LogP contribution is 2.39. The number of benzene rings is 1. The average Bonchev–Trinajstić information content (AvgIpc) is 2.97. The number of ether oxygens (including phenoxy) is 3. The Kier molecular flexibility index (Phi) is 6.81. The second-order valence-corrected chi connectivity index (χ2v) is 4.90. The molecule has 0 unspecified atom stereocenters. The van der Waals surface area contributed by atoms with Crippen LogP contribution in [0.4, 0.5) is 0 Å². The second kappa shape index (κ2) is 8.11. The molecule has 0 aliphatic carbocycles. The SMILES string of the molecule is COc1cc(CSC2=NCCN2)cc(OC)c1OC.[Cl-]. The van der Waals surface area contributed by atoms with E-state index in [1.165, 1.54) is 0 Å². The van der Waals surface area contributed by atoms with Crippen LogP contribution in [0.2, 0.25) is 0 Å². The molecule has 1 aromatic carbocycles. The van der Waals surface area contributed by atoms with Crippen molar-refractivity contribution >= 4 is 16.9 Å². The summed E-state index contributed by atoms with van der Waals surface area (Å²) in [5.41, 5.74) is 1.11. The van der Waals surface area contributed by atoms with Gasteiger partial charge in [-0.1, -0.05) is 11.8 Å².